The van der Waals surface area contributed by atoms with Crippen molar-refractivity contribution in [2.45, 2.75) is 163 Å². The van der Waals surface area contributed by atoms with Gasteiger partial charge in [-0.2, -0.15) is 0 Å². The van der Waals surface area contributed by atoms with Gasteiger partial charge < -0.3 is 10.2 Å². The van der Waals surface area contributed by atoms with Gasteiger partial charge in [0.2, 0.25) is 29.4 Å². The van der Waals surface area contributed by atoms with Crippen LogP contribution in [-0.4, -0.2) is 81.9 Å². The van der Waals surface area contributed by atoms with Crippen molar-refractivity contribution in [3.63, 3.8) is 0 Å². The molecule has 0 aromatic carbocycles. The summed E-state index contributed by atoms with van der Waals surface area (Å²) >= 11 is 0. The van der Waals surface area contributed by atoms with E-state index in [0.29, 0.717) is 19.3 Å². The van der Waals surface area contributed by atoms with Crippen LogP contribution in [0.1, 0.15) is 145 Å². The van der Waals surface area contributed by atoms with Crippen molar-refractivity contribution in [2.24, 2.45) is 45.8 Å². The number of Topliss-reactive ketones (excluding diaryl/α,β-unsaturated/α-hetero) is 3. The molecule has 2 aliphatic carbocycles. The van der Waals surface area contributed by atoms with E-state index in [2.05, 4.69) is 5.32 Å². The van der Waals surface area contributed by atoms with Gasteiger partial charge in [-0.1, -0.05) is 67.7 Å². The number of halogens is 2. The predicted molar refractivity (Wildman–Crippen MR) is 198 cm³/mol. The molecule has 2 saturated carbocycles. The number of carbonyl (C=O) groups is 7. The van der Waals surface area contributed by atoms with Crippen LogP contribution in [0.2, 0.25) is 0 Å². The number of hydrogen-bond donors (Lipinski definition) is 1. The Labute approximate surface area is 319 Å². The van der Waals surface area contributed by atoms with E-state index in [0.717, 1.165) is 12.8 Å². The Morgan fingerprint density at radius 1 is 0.870 bits per heavy atom. The molecule has 3 aliphatic heterocycles. The molecule has 0 bridgehead atoms. The van der Waals surface area contributed by atoms with Crippen molar-refractivity contribution in [3.05, 3.63) is 0 Å². The quantitative estimate of drug-likeness (QED) is 0.210. The van der Waals surface area contributed by atoms with Crippen molar-refractivity contribution in [1.29, 1.82) is 0 Å². The minimum absolute atomic E-state index is 0.0115. The van der Waals surface area contributed by atoms with Gasteiger partial charge in [-0.15, -0.1) is 0 Å². The van der Waals surface area contributed by atoms with Gasteiger partial charge in [-0.3, -0.25) is 38.5 Å². The molecule has 54 heavy (non-hydrogen) atoms. The highest BCUT2D eigenvalue weighted by molar-refractivity contribution is 6.37. The van der Waals surface area contributed by atoms with E-state index in [1.807, 2.05) is 48.5 Å². The van der Waals surface area contributed by atoms with E-state index >= 15 is 8.78 Å². The van der Waals surface area contributed by atoms with Crippen molar-refractivity contribution >= 4 is 41.0 Å². The third kappa shape index (κ3) is 10.0. The molecule has 0 spiro atoms. The predicted octanol–water partition coefficient (Wildman–Crippen LogP) is 6.47. The molecule has 3 heterocycles. The molecule has 12 heteroatoms. The van der Waals surface area contributed by atoms with Crippen LogP contribution < -0.4 is 5.32 Å². The van der Waals surface area contributed by atoms with E-state index in [9.17, 15) is 33.6 Å². The Morgan fingerprint density at radius 3 is 2.11 bits per heavy atom. The van der Waals surface area contributed by atoms with Gasteiger partial charge in [-0.25, -0.2) is 8.78 Å². The standard InChI is InChI=1S/C42H63F2N3O7/c1-39(2,3)27(23-46-32(50)21-40(4,5)22-33(46)51)20-29(48)18-26-15-17-42(43,44)16-11-9-8-10-12-25(36(52)37(53)45-28-13-14-28)19-31(49)35-34-30(41(34,6)7)24-47(35)38(26)54/h25-28,30,34-35H,8-24H2,1-7H3,(H,45,53)/t25-,26-,27-,30+,34+,35-/m1/s1. The van der Waals surface area contributed by atoms with Crippen LogP contribution in [-0.2, 0) is 33.6 Å². The molecule has 1 N–H and O–H groups in total. The normalized spacial score (nSPS) is 31.0. The number of rotatable bonds is 9. The van der Waals surface area contributed by atoms with Gasteiger partial charge in [0.25, 0.3) is 5.91 Å². The fourth-order valence-electron chi connectivity index (χ4n) is 9.34. The van der Waals surface area contributed by atoms with Crippen molar-refractivity contribution in [3.8, 4) is 0 Å². The van der Waals surface area contributed by atoms with Crippen LogP contribution in [0.3, 0.4) is 0 Å². The third-order valence-corrected chi connectivity index (χ3v) is 13.3. The molecule has 0 aromatic heterocycles. The molecule has 5 fully saturated rings. The third-order valence-electron chi connectivity index (χ3n) is 13.3. The Bertz CT molecular complexity index is 1490. The van der Waals surface area contributed by atoms with Gasteiger partial charge in [0, 0.05) is 75.9 Å². The second-order valence-electron chi connectivity index (χ2n) is 19.8. The summed E-state index contributed by atoms with van der Waals surface area (Å²) < 4.78 is 30.7. The summed E-state index contributed by atoms with van der Waals surface area (Å²) in [4.78, 5) is 97.8. The van der Waals surface area contributed by atoms with Crippen LogP contribution in [0.4, 0.5) is 8.78 Å². The first-order valence-electron chi connectivity index (χ1n) is 20.4. The van der Waals surface area contributed by atoms with Crippen molar-refractivity contribution < 1.29 is 42.3 Å². The van der Waals surface area contributed by atoms with Crippen LogP contribution in [0.15, 0.2) is 0 Å². The van der Waals surface area contributed by atoms with Crippen LogP contribution >= 0.6 is 0 Å². The zero-order chi connectivity index (χ0) is 40.0. The van der Waals surface area contributed by atoms with E-state index in [-0.39, 0.29) is 118 Å². The first-order valence-corrected chi connectivity index (χ1v) is 20.4. The topological polar surface area (TPSA) is 138 Å². The number of ketones is 3. The van der Waals surface area contributed by atoms with E-state index < -0.39 is 64.6 Å². The largest absolute Gasteiger partial charge is 0.347 e. The number of hydrogen-bond acceptors (Lipinski definition) is 7. The molecule has 3 saturated heterocycles. The number of nitrogens with zero attached hydrogens (tertiary/aromatic N) is 2. The Morgan fingerprint density at radius 2 is 1.50 bits per heavy atom. The number of nitrogens with one attached hydrogen (secondary N) is 1. The summed E-state index contributed by atoms with van der Waals surface area (Å²) in [7, 11) is 0. The monoisotopic (exact) mass is 759 g/mol. The maximum Gasteiger partial charge on any atom is 0.287 e. The molecular weight excluding hydrogens is 696 g/mol. The molecule has 4 amide bonds. The van der Waals surface area contributed by atoms with Crippen LogP contribution in [0.25, 0.3) is 0 Å². The molecule has 6 atom stereocenters. The molecule has 5 rings (SSSR count). The average Bonchev–Trinajstić information content (AvgIpc) is 3.90. The number of likely N-dealkylation sites (tertiary alicyclic amines) is 1. The number of alkyl halides is 2. The molecule has 0 radical (unpaired) electrons. The van der Waals surface area contributed by atoms with Gasteiger partial charge in [0.05, 0.1) is 6.04 Å². The second-order valence-corrected chi connectivity index (χ2v) is 19.8. The SMILES string of the molecule is CC1(C)CC(=O)N(C[C@@H](CC(=O)C[C@H]2CCC(F)(F)CCCCCC[C@@H](C(=O)C(=O)NC3CC3)CC(=O)[C@@H]3[C@@H]4[C@H](CN3C2=O)C4(C)C)C(C)(C)C)C(=O)C1. The highest BCUT2D eigenvalue weighted by Crippen LogP contribution is 2.65. The fourth-order valence-corrected chi connectivity index (χ4v) is 9.34. The molecular formula is C42H63F2N3O7. The number of piperidine rings is 2. The van der Waals surface area contributed by atoms with E-state index in [4.69, 9.17) is 0 Å². The molecule has 302 valence electrons. The number of amides is 4. The number of fused-ring (bicyclic) bond motifs is 3. The summed E-state index contributed by atoms with van der Waals surface area (Å²) in [6.45, 7) is 13.9. The first-order chi connectivity index (χ1) is 25.0. The van der Waals surface area contributed by atoms with E-state index in [1.54, 1.807) is 0 Å². The Kier molecular flexibility index (Phi) is 12.3. The first kappa shape index (κ1) is 42.1. The molecule has 0 aromatic rings. The summed E-state index contributed by atoms with van der Waals surface area (Å²) in [5, 5.41) is 2.74. The minimum Gasteiger partial charge on any atom is -0.347 e. The zero-order valence-corrected chi connectivity index (χ0v) is 33.6. The molecule has 10 nitrogen and oxygen atoms in total. The lowest BCUT2D eigenvalue weighted by Gasteiger charge is -2.39. The lowest BCUT2D eigenvalue weighted by atomic mass is 9.75. The van der Waals surface area contributed by atoms with Crippen molar-refractivity contribution in [1.82, 2.24) is 15.1 Å². The van der Waals surface area contributed by atoms with Crippen molar-refractivity contribution in [2.75, 3.05) is 13.1 Å². The average molecular weight is 760 g/mol. The summed E-state index contributed by atoms with van der Waals surface area (Å²) in [5.74, 6) is -8.62. The maximum atomic E-state index is 15.4. The van der Waals surface area contributed by atoms with Gasteiger partial charge in [-0.05, 0) is 66.1 Å². The highest BCUT2D eigenvalue weighted by atomic mass is 19.3. The summed E-state index contributed by atoms with van der Waals surface area (Å²) in [6, 6.07) is -0.894. The smallest absolute Gasteiger partial charge is 0.287 e. The van der Waals surface area contributed by atoms with Crippen LogP contribution in [0.5, 0.6) is 0 Å². The minimum atomic E-state index is -3.06. The van der Waals surface area contributed by atoms with E-state index in [1.165, 1.54) is 9.80 Å². The Hall–Kier alpha value is -3.05. The zero-order valence-electron chi connectivity index (χ0n) is 33.6. The summed E-state index contributed by atoms with van der Waals surface area (Å²) in [5.41, 5.74) is -1.18. The second kappa shape index (κ2) is 15.8. The number of imide groups is 1. The van der Waals surface area contributed by atoms with Crippen LogP contribution in [0, 0.1) is 45.8 Å². The van der Waals surface area contributed by atoms with Gasteiger partial charge >= 0.3 is 0 Å². The Balaban J connectivity index is 1.38. The molecule has 5 aliphatic rings. The molecule has 0 unspecified atom stereocenters. The summed E-state index contributed by atoms with van der Waals surface area (Å²) in [6.07, 6.45) is 2.51. The number of carbonyl (C=O) groups excluding carboxylic acids is 7. The lowest BCUT2D eigenvalue weighted by Crippen LogP contribution is -2.50. The van der Waals surface area contributed by atoms with Gasteiger partial charge in [0.15, 0.2) is 5.78 Å². The fraction of sp³-hybridized carbons (Fsp3) is 0.833. The maximum absolute atomic E-state index is 15.4. The lowest BCUT2D eigenvalue weighted by molar-refractivity contribution is -0.154. The highest BCUT2D eigenvalue weighted by Gasteiger charge is 2.69. The van der Waals surface area contributed by atoms with Gasteiger partial charge in [0.1, 0.15) is 5.78 Å².